The highest BCUT2D eigenvalue weighted by Gasteiger charge is 2.43. The van der Waals surface area contributed by atoms with Crippen LogP contribution >= 0.6 is 23.5 Å². The second kappa shape index (κ2) is 16.9. The maximum Gasteiger partial charge on any atom is 0.249 e. The Kier molecular flexibility index (Phi) is 9.61. The molecule has 0 bridgehead atoms. The number of hydrogen-bond donors (Lipinski definition) is 0. The standard InChI is InChI=1S/C72H51B2N5S2/c1-42(2)75(44-20-8-5-9-21-44)47-34-63-69-67(36-47)80-65-40-61-53(38-57(65)73(69)55-30-18-28-51-49-26-14-16-32-59(49)78(63)71(51)55)54-39-58-66(41-62(54)77(61)46-24-12-7-13-25-46)81-68-37-48(76(43(3)4)45-22-10-6-11-23-45)35-64-70(68)74(58)56-31-19-29-52-50-27-15-17-33-60(50)79(64)72(52)56/h5-43H,1-4H3. The van der Waals surface area contributed by atoms with Gasteiger partial charge in [0.1, 0.15) is 0 Å². The molecule has 14 aromatic rings. The lowest BCUT2D eigenvalue weighted by molar-refractivity contribution is 0.787. The number of para-hydroxylation sites is 7. The molecule has 0 N–H and O–H groups in total. The highest BCUT2D eigenvalue weighted by molar-refractivity contribution is 8.00. The zero-order valence-electron chi connectivity index (χ0n) is 45.2. The van der Waals surface area contributed by atoms with Crippen LogP contribution in [0.5, 0.6) is 0 Å². The average molecular weight is 1070 g/mol. The van der Waals surface area contributed by atoms with E-state index in [2.05, 4.69) is 276 Å². The van der Waals surface area contributed by atoms with Crippen LogP contribution in [0.3, 0.4) is 0 Å². The van der Waals surface area contributed by atoms with Gasteiger partial charge in [-0.3, -0.25) is 0 Å². The Labute approximate surface area is 479 Å². The van der Waals surface area contributed by atoms with E-state index in [1.54, 1.807) is 0 Å². The largest absolute Gasteiger partial charge is 0.339 e. The third kappa shape index (κ3) is 6.28. The van der Waals surface area contributed by atoms with E-state index in [1.165, 1.54) is 158 Å². The monoisotopic (exact) mass is 1070 g/mol. The predicted octanol–water partition coefficient (Wildman–Crippen LogP) is 14.7. The Hall–Kier alpha value is -8.75. The minimum absolute atomic E-state index is 0.0283. The molecule has 0 saturated carbocycles. The van der Waals surface area contributed by atoms with Crippen molar-refractivity contribution in [2.75, 3.05) is 9.80 Å². The van der Waals surface area contributed by atoms with Crippen molar-refractivity contribution in [3.63, 3.8) is 0 Å². The van der Waals surface area contributed by atoms with Crippen LogP contribution in [0.4, 0.5) is 22.7 Å². The quantitative estimate of drug-likeness (QED) is 0.148. The van der Waals surface area contributed by atoms with Gasteiger partial charge >= 0.3 is 0 Å². The molecule has 5 nitrogen and oxygen atoms in total. The molecule has 9 heteroatoms. The van der Waals surface area contributed by atoms with Crippen LogP contribution in [-0.4, -0.2) is 39.2 Å². The van der Waals surface area contributed by atoms with Crippen molar-refractivity contribution in [3.05, 3.63) is 224 Å². The summed E-state index contributed by atoms with van der Waals surface area (Å²) in [6.07, 6.45) is 0. The van der Waals surface area contributed by atoms with E-state index >= 15 is 0 Å². The minimum atomic E-state index is 0.0283. The van der Waals surface area contributed by atoms with Crippen LogP contribution in [0.15, 0.2) is 244 Å². The highest BCUT2D eigenvalue weighted by atomic mass is 32.2. The Bertz CT molecular complexity index is 4750. The van der Waals surface area contributed by atoms with Gasteiger partial charge in [0.2, 0.25) is 13.4 Å². The molecule has 382 valence electrons. The van der Waals surface area contributed by atoms with Crippen molar-refractivity contribution in [2.45, 2.75) is 59.4 Å². The molecule has 0 aliphatic carbocycles. The summed E-state index contributed by atoms with van der Waals surface area (Å²) in [6, 6.07) is 85.9. The third-order valence-electron chi connectivity index (χ3n) is 18.1. The van der Waals surface area contributed by atoms with Gasteiger partial charge < -0.3 is 23.5 Å². The molecule has 4 aliphatic rings. The second-order valence-electron chi connectivity index (χ2n) is 23.1. The number of fused-ring (bicyclic) bond motifs is 17. The van der Waals surface area contributed by atoms with Crippen LogP contribution in [0.2, 0.25) is 0 Å². The Morgan fingerprint density at radius 3 is 1.17 bits per heavy atom. The molecule has 0 fully saturated rings. The molecule has 0 unspecified atom stereocenters. The normalized spacial score (nSPS) is 13.5. The molecular weight excluding hydrogens is 1020 g/mol. The summed E-state index contributed by atoms with van der Waals surface area (Å²) in [6.45, 7) is 9.31. The predicted molar refractivity (Wildman–Crippen MR) is 347 cm³/mol. The van der Waals surface area contributed by atoms with Gasteiger partial charge in [-0.25, -0.2) is 0 Å². The van der Waals surface area contributed by atoms with Gasteiger partial charge in [-0.05, 0) is 134 Å². The number of nitrogens with zero attached hydrogens (tertiary/aromatic N) is 5. The molecule has 11 aromatic carbocycles. The summed E-state index contributed by atoms with van der Waals surface area (Å²) in [5.74, 6) is 0. The van der Waals surface area contributed by atoms with E-state index in [4.69, 9.17) is 0 Å². The molecule has 0 atom stereocenters. The topological polar surface area (TPSA) is 21.3 Å². The molecule has 18 rings (SSSR count). The fraction of sp³-hybridized carbons (Fsp3) is 0.0833. The number of rotatable bonds is 7. The first-order chi connectivity index (χ1) is 39.9. The molecule has 4 aliphatic heterocycles. The summed E-state index contributed by atoms with van der Waals surface area (Å²) in [7, 11) is 0. The fourth-order valence-electron chi connectivity index (χ4n) is 15.1. The second-order valence-corrected chi connectivity index (χ2v) is 25.3. The van der Waals surface area contributed by atoms with Crippen molar-refractivity contribution >= 4 is 158 Å². The van der Waals surface area contributed by atoms with Crippen LogP contribution in [0, 0.1) is 0 Å². The fourth-order valence-corrected chi connectivity index (χ4v) is 17.5. The van der Waals surface area contributed by atoms with E-state index in [9.17, 15) is 0 Å². The molecule has 81 heavy (non-hydrogen) atoms. The van der Waals surface area contributed by atoms with Gasteiger partial charge in [0.25, 0.3) is 0 Å². The number of anilines is 4. The summed E-state index contributed by atoms with van der Waals surface area (Å²) in [5.41, 5.74) is 24.4. The van der Waals surface area contributed by atoms with Crippen molar-refractivity contribution in [1.82, 2.24) is 13.7 Å². The summed E-state index contributed by atoms with van der Waals surface area (Å²) < 4.78 is 7.75. The molecule has 0 amide bonds. The first kappa shape index (κ1) is 46.0. The van der Waals surface area contributed by atoms with E-state index in [0.29, 0.717) is 0 Å². The molecular formula is C72H51B2N5S2. The third-order valence-corrected chi connectivity index (χ3v) is 20.4. The zero-order valence-corrected chi connectivity index (χ0v) is 46.9. The van der Waals surface area contributed by atoms with Gasteiger partial charge in [0, 0.05) is 115 Å². The van der Waals surface area contributed by atoms with Crippen LogP contribution in [0.25, 0.3) is 82.5 Å². The summed E-state index contributed by atoms with van der Waals surface area (Å²) in [5, 5.41) is 7.77. The van der Waals surface area contributed by atoms with Crippen molar-refractivity contribution in [3.8, 4) is 17.1 Å². The lowest BCUT2D eigenvalue weighted by Gasteiger charge is -2.36. The number of aromatic nitrogens is 3. The van der Waals surface area contributed by atoms with Gasteiger partial charge in [0.05, 0.1) is 22.1 Å². The van der Waals surface area contributed by atoms with Crippen LogP contribution in [-0.2, 0) is 0 Å². The maximum atomic E-state index is 2.61. The number of benzene rings is 11. The van der Waals surface area contributed by atoms with E-state index in [0.717, 1.165) is 0 Å². The Balaban J connectivity index is 0.914. The van der Waals surface area contributed by atoms with Gasteiger partial charge in [-0.15, -0.1) is 0 Å². The Morgan fingerprint density at radius 2 is 0.728 bits per heavy atom. The Morgan fingerprint density at radius 1 is 0.321 bits per heavy atom. The molecule has 7 heterocycles. The number of hydrogen-bond acceptors (Lipinski definition) is 4. The van der Waals surface area contributed by atoms with Crippen LogP contribution in [0.1, 0.15) is 27.7 Å². The zero-order chi connectivity index (χ0) is 53.5. The van der Waals surface area contributed by atoms with E-state index in [-0.39, 0.29) is 25.5 Å². The van der Waals surface area contributed by atoms with Gasteiger partial charge in [-0.1, -0.05) is 174 Å². The average Bonchev–Trinajstić information content (AvgIpc) is 2.37. The molecule has 0 radical (unpaired) electrons. The highest BCUT2D eigenvalue weighted by Crippen LogP contribution is 2.47. The van der Waals surface area contributed by atoms with E-state index < -0.39 is 0 Å². The maximum absolute atomic E-state index is 2.61. The summed E-state index contributed by atoms with van der Waals surface area (Å²) >= 11 is 3.90. The lowest BCUT2D eigenvalue weighted by Crippen LogP contribution is -2.59. The molecule has 3 aromatic heterocycles. The smallest absolute Gasteiger partial charge is 0.249 e. The van der Waals surface area contributed by atoms with Crippen LogP contribution < -0.4 is 42.6 Å². The lowest BCUT2D eigenvalue weighted by atomic mass is 9.35. The van der Waals surface area contributed by atoms with Gasteiger partial charge in [-0.2, -0.15) is 0 Å². The summed E-state index contributed by atoms with van der Waals surface area (Å²) in [4.78, 5) is 10.3. The van der Waals surface area contributed by atoms with Crippen molar-refractivity contribution in [2.24, 2.45) is 0 Å². The van der Waals surface area contributed by atoms with Crippen molar-refractivity contribution in [1.29, 1.82) is 0 Å². The van der Waals surface area contributed by atoms with Gasteiger partial charge in [0.15, 0.2) is 0 Å². The first-order valence-electron chi connectivity index (χ1n) is 28.5. The SMILES string of the molecule is CC(C)N(c1ccccc1)c1cc2c3c(c1)-n1c4ccccc4c4cccc(c41)B3c1cc3c4cc5c(cc4n(-c4ccccc4)c3cc1S2)Sc1cc(N(c2ccccc2)C(C)C)cc2c1B5c1cccc3c4ccccc4n-2c13. The van der Waals surface area contributed by atoms with Crippen molar-refractivity contribution < 1.29 is 0 Å². The van der Waals surface area contributed by atoms with E-state index in [1.807, 2.05) is 23.5 Å². The molecule has 0 saturated heterocycles. The molecule has 0 spiro atoms. The minimum Gasteiger partial charge on any atom is -0.339 e. The first-order valence-corrected chi connectivity index (χ1v) is 30.2.